The monoisotopic (exact) mass is 301 g/mol. The lowest BCUT2D eigenvalue weighted by atomic mass is 9.85. The first-order valence-corrected chi connectivity index (χ1v) is 7.27. The van der Waals surface area contributed by atoms with Gasteiger partial charge in [-0.15, -0.1) is 0 Å². The third-order valence-electron chi connectivity index (χ3n) is 2.91. The van der Waals surface area contributed by atoms with Gasteiger partial charge in [0.2, 0.25) is 17.2 Å². The molecular weight excluding hydrogens is 278 g/mol. The van der Waals surface area contributed by atoms with E-state index in [1.807, 2.05) is 0 Å². The number of halogens is 1. The molecule has 1 unspecified atom stereocenters. The highest BCUT2D eigenvalue weighted by Gasteiger charge is 2.25. The number of nitrogens with one attached hydrogen (secondary N) is 2. The number of aliphatic hydroxyl groups excluding tert-OH is 1. The fourth-order valence-corrected chi connectivity index (χ4v) is 1.90. The minimum absolute atomic E-state index is 0.0289. The molecule has 7 heteroatoms. The first-order chi connectivity index (χ1) is 9.36. The number of nitrogens with zero attached hydrogens (tertiary/aromatic N) is 3. The third-order valence-corrected chi connectivity index (χ3v) is 3.08. The van der Waals surface area contributed by atoms with Gasteiger partial charge in [0.25, 0.3) is 0 Å². The Morgan fingerprint density at radius 3 is 2.40 bits per heavy atom. The van der Waals surface area contributed by atoms with Crippen molar-refractivity contribution in [2.45, 2.75) is 46.6 Å². The van der Waals surface area contributed by atoms with Gasteiger partial charge in [0.1, 0.15) is 0 Å². The lowest BCUT2D eigenvalue weighted by molar-refractivity contribution is 0.235. The van der Waals surface area contributed by atoms with Crippen LogP contribution in [0.4, 0.5) is 11.9 Å². The van der Waals surface area contributed by atoms with E-state index in [0.717, 1.165) is 13.0 Å². The molecule has 0 fully saturated rings. The number of rotatable bonds is 7. The van der Waals surface area contributed by atoms with E-state index in [9.17, 15) is 5.11 Å². The van der Waals surface area contributed by atoms with Crippen molar-refractivity contribution in [3.05, 3.63) is 5.28 Å². The molecule has 1 atom stereocenters. The molecule has 0 aliphatic carbocycles. The Hall–Kier alpha value is -1.14. The molecule has 20 heavy (non-hydrogen) atoms. The van der Waals surface area contributed by atoms with Crippen molar-refractivity contribution in [2.75, 3.05) is 23.8 Å². The summed E-state index contributed by atoms with van der Waals surface area (Å²) in [6.07, 6.45) is 1.59. The topological polar surface area (TPSA) is 83.0 Å². The van der Waals surface area contributed by atoms with Crippen LogP contribution in [0, 0.1) is 5.41 Å². The third kappa shape index (κ3) is 5.46. The summed E-state index contributed by atoms with van der Waals surface area (Å²) in [4.78, 5) is 12.4. The first-order valence-electron chi connectivity index (χ1n) is 6.89. The van der Waals surface area contributed by atoms with Gasteiger partial charge >= 0.3 is 0 Å². The van der Waals surface area contributed by atoms with E-state index in [0.29, 0.717) is 18.3 Å². The minimum Gasteiger partial charge on any atom is -0.396 e. The predicted octanol–water partition coefficient (Wildman–Crippen LogP) is 2.56. The fourth-order valence-electron chi connectivity index (χ4n) is 1.74. The Bertz CT molecular complexity index is 422. The van der Waals surface area contributed by atoms with Crippen molar-refractivity contribution in [1.82, 2.24) is 15.0 Å². The molecule has 0 aromatic carbocycles. The highest BCUT2D eigenvalue weighted by Crippen LogP contribution is 2.24. The first kappa shape index (κ1) is 16.9. The fraction of sp³-hybridized carbons (Fsp3) is 0.769. The van der Waals surface area contributed by atoms with E-state index >= 15 is 0 Å². The second-order valence-electron chi connectivity index (χ2n) is 5.75. The summed E-state index contributed by atoms with van der Waals surface area (Å²) in [5.74, 6) is 0.892. The molecule has 114 valence electrons. The number of aliphatic hydroxyl groups is 1. The molecule has 0 saturated carbocycles. The Balaban J connectivity index is 2.86. The molecule has 0 saturated heterocycles. The summed E-state index contributed by atoms with van der Waals surface area (Å²) >= 11 is 5.91. The zero-order valence-corrected chi connectivity index (χ0v) is 13.3. The zero-order chi connectivity index (χ0) is 15.2. The molecule has 0 aliphatic heterocycles. The molecule has 1 aromatic heterocycles. The van der Waals surface area contributed by atoms with Crippen LogP contribution in [0.5, 0.6) is 0 Å². The van der Waals surface area contributed by atoms with Crippen LogP contribution < -0.4 is 10.6 Å². The molecule has 0 bridgehead atoms. The van der Waals surface area contributed by atoms with Crippen molar-refractivity contribution < 1.29 is 5.11 Å². The van der Waals surface area contributed by atoms with Crippen molar-refractivity contribution in [2.24, 2.45) is 5.41 Å². The van der Waals surface area contributed by atoms with Crippen molar-refractivity contribution >= 4 is 23.5 Å². The molecular formula is C13H24ClN5O. The number of hydrogen-bond acceptors (Lipinski definition) is 6. The average Bonchev–Trinajstić information content (AvgIpc) is 2.34. The van der Waals surface area contributed by atoms with Gasteiger partial charge in [-0.1, -0.05) is 27.7 Å². The van der Waals surface area contributed by atoms with E-state index in [-0.39, 0.29) is 23.3 Å². The van der Waals surface area contributed by atoms with E-state index < -0.39 is 0 Å². The van der Waals surface area contributed by atoms with Crippen molar-refractivity contribution in [3.63, 3.8) is 0 Å². The number of aromatic nitrogens is 3. The van der Waals surface area contributed by atoms with Crippen LogP contribution in [0.2, 0.25) is 5.28 Å². The molecule has 3 N–H and O–H groups in total. The summed E-state index contributed by atoms with van der Waals surface area (Å²) in [6, 6.07) is 0.0463. The molecule has 1 aromatic rings. The highest BCUT2D eigenvalue weighted by molar-refractivity contribution is 6.28. The van der Waals surface area contributed by atoms with Crippen LogP contribution >= 0.6 is 11.6 Å². The van der Waals surface area contributed by atoms with Gasteiger partial charge < -0.3 is 15.7 Å². The highest BCUT2D eigenvalue weighted by atomic mass is 35.5. The maximum absolute atomic E-state index is 9.17. The molecule has 0 spiro atoms. The number of anilines is 2. The average molecular weight is 302 g/mol. The van der Waals surface area contributed by atoms with Crippen LogP contribution in [0.15, 0.2) is 0 Å². The second kappa shape index (κ2) is 7.59. The Morgan fingerprint density at radius 1 is 1.20 bits per heavy atom. The molecule has 0 amide bonds. The van der Waals surface area contributed by atoms with Gasteiger partial charge in [0, 0.05) is 19.2 Å². The molecule has 6 nitrogen and oxygen atoms in total. The van der Waals surface area contributed by atoms with Gasteiger partial charge in [-0.05, 0) is 29.9 Å². The lowest BCUT2D eigenvalue weighted by Crippen LogP contribution is -2.35. The van der Waals surface area contributed by atoms with Gasteiger partial charge in [0.05, 0.1) is 0 Å². The van der Waals surface area contributed by atoms with Gasteiger partial charge in [-0.2, -0.15) is 15.0 Å². The van der Waals surface area contributed by atoms with Crippen LogP contribution in [0.3, 0.4) is 0 Å². The second-order valence-corrected chi connectivity index (χ2v) is 6.09. The molecule has 0 radical (unpaired) electrons. The molecule has 1 rings (SSSR count). The zero-order valence-electron chi connectivity index (χ0n) is 12.6. The normalized spacial score (nSPS) is 13.1. The van der Waals surface area contributed by atoms with Crippen LogP contribution in [-0.2, 0) is 0 Å². The van der Waals surface area contributed by atoms with E-state index in [2.05, 4.69) is 53.3 Å². The largest absolute Gasteiger partial charge is 0.396 e. The van der Waals surface area contributed by atoms with Crippen LogP contribution in [0.25, 0.3) is 0 Å². The molecule has 1 heterocycles. The standard InChI is InChI=1S/C13H24ClN5O/c1-5-7-15-11-17-10(14)18-12(19-11)16-9(6-8-20)13(2,3)4/h9,20H,5-8H2,1-4H3,(H2,15,16,17,18,19). The summed E-state index contributed by atoms with van der Waals surface area (Å²) in [5.41, 5.74) is -0.0289. The molecule has 0 aliphatic rings. The quantitative estimate of drug-likeness (QED) is 0.718. The van der Waals surface area contributed by atoms with E-state index in [1.165, 1.54) is 0 Å². The smallest absolute Gasteiger partial charge is 0.229 e. The lowest BCUT2D eigenvalue weighted by Gasteiger charge is -2.31. The summed E-state index contributed by atoms with van der Waals surface area (Å²) in [7, 11) is 0. The summed E-state index contributed by atoms with van der Waals surface area (Å²) in [6.45, 7) is 9.23. The van der Waals surface area contributed by atoms with Crippen molar-refractivity contribution in [1.29, 1.82) is 0 Å². The van der Waals surface area contributed by atoms with Gasteiger partial charge in [-0.25, -0.2) is 0 Å². The van der Waals surface area contributed by atoms with E-state index in [4.69, 9.17) is 11.6 Å². The Kier molecular flexibility index (Phi) is 6.42. The number of hydrogen-bond donors (Lipinski definition) is 3. The summed E-state index contributed by atoms with van der Waals surface area (Å²) in [5, 5.41) is 15.6. The SMILES string of the molecule is CCCNc1nc(Cl)nc(NC(CCO)C(C)(C)C)n1. The Morgan fingerprint density at radius 2 is 1.85 bits per heavy atom. The Labute approximate surface area is 125 Å². The summed E-state index contributed by atoms with van der Waals surface area (Å²) < 4.78 is 0. The van der Waals surface area contributed by atoms with Crippen molar-refractivity contribution in [3.8, 4) is 0 Å². The minimum atomic E-state index is -0.0289. The van der Waals surface area contributed by atoms with Crippen LogP contribution in [0.1, 0.15) is 40.5 Å². The predicted molar refractivity (Wildman–Crippen MR) is 82.2 cm³/mol. The van der Waals surface area contributed by atoms with E-state index in [1.54, 1.807) is 0 Å². The van der Waals surface area contributed by atoms with Gasteiger partial charge in [-0.3, -0.25) is 0 Å². The van der Waals surface area contributed by atoms with Crippen LogP contribution in [-0.4, -0.2) is 39.3 Å². The maximum Gasteiger partial charge on any atom is 0.229 e. The maximum atomic E-state index is 9.17. The van der Waals surface area contributed by atoms with Gasteiger partial charge in [0.15, 0.2) is 0 Å².